The van der Waals surface area contributed by atoms with Crippen molar-refractivity contribution in [3.8, 4) is 0 Å². The first-order chi connectivity index (χ1) is 15.0. The smallest absolute Gasteiger partial charge is 0.234 e. The van der Waals surface area contributed by atoms with Crippen molar-refractivity contribution in [1.82, 2.24) is 20.9 Å². The van der Waals surface area contributed by atoms with Gasteiger partial charge in [-0.2, -0.15) is 0 Å². The van der Waals surface area contributed by atoms with Gasteiger partial charge in [-0.05, 0) is 39.3 Å². The fourth-order valence-electron chi connectivity index (χ4n) is 4.67. The van der Waals surface area contributed by atoms with E-state index in [9.17, 15) is 14.4 Å². The topological polar surface area (TPSA) is 99.8 Å². The van der Waals surface area contributed by atoms with E-state index in [0.717, 1.165) is 43.5 Å². The van der Waals surface area contributed by atoms with Crippen molar-refractivity contribution in [3.63, 3.8) is 0 Å². The SMILES string of the molecule is Cc1ccc(C(=O)C2CCN(CC(=O)NCC3NC(=O)C4COCCC4N3)CC2)cc1. The molecule has 0 spiro atoms. The zero-order chi connectivity index (χ0) is 21.8. The number of rotatable bonds is 6. The van der Waals surface area contributed by atoms with Gasteiger partial charge in [-0.25, -0.2) is 0 Å². The molecule has 8 nitrogen and oxygen atoms in total. The number of aryl methyl sites for hydroxylation is 1. The van der Waals surface area contributed by atoms with Gasteiger partial charge in [-0.1, -0.05) is 29.8 Å². The molecule has 3 N–H and O–H groups in total. The molecule has 31 heavy (non-hydrogen) atoms. The molecule has 2 amide bonds. The highest BCUT2D eigenvalue weighted by molar-refractivity contribution is 5.98. The van der Waals surface area contributed by atoms with Crippen molar-refractivity contribution in [1.29, 1.82) is 0 Å². The van der Waals surface area contributed by atoms with E-state index in [2.05, 4.69) is 20.9 Å². The molecule has 0 radical (unpaired) electrons. The molecule has 0 saturated carbocycles. The fraction of sp³-hybridized carbons (Fsp3) is 0.609. The van der Waals surface area contributed by atoms with Crippen molar-refractivity contribution in [2.75, 3.05) is 39.4 Å². The zero-order valence-corrected chi connectivity index (χ0v) is 18.1. The molecule has 1 aromatic rings. The number of nitrogens with zero attached hydrogens (tertiary/aromatic N) is 1. The lowest BCUT2D eigenvalue weighted by Crippen LogP contribution is -2.66. The lowest BCUT2D eigenvalue weighted by atomic mass is 9.88. The van der Waals surface area contributed by atoms with E-state index in [1.165, 1.54) is 0 Å². The van der Waals surface area contributed by atoms with Crippen molar-refractivity contribution >= 4 is 17.6 Å². The number of ketones is 1. The molecule has 0 bridgehead atoms. The highest BCUT2D eigenvalue weighted by Gasteiger charge is 2.38. The van der Waals surface area contributed by atoms with Gasteiger partial charge in [0.15, 0.2) is 5.78 Å². The number of hydrogen-bond donors (Lipinski definition) is 3. The number of piperidine rings is 1. The number of carbonyl (C=O) groups is 3. The molecule has 0 aliphatic carbocycles. The Hall–Kier alpha value is -2.29. The van der Waals surface area contributed by atoms with Crippen molar-refractivity contribution in [2.45, 2.75) is 38.4 Å². The zero-order valence-electron chi connectivity index (χ0n) is 18.1. The average Bonchev–Trinajstić information content (AvgIpc) is 2.78. The Bertz CT molecular complexity index is 804. The standard InChI is InChI=1S/C23H32N4O4/c1-15-2-4-16(5-3-15)22(29)17-6-9-27(10-7-17)13-21(28)24-12-20-25-19-8-11-31-14-18(19)23(30)26-20/h2-5,17-20,25H,6-14H2,1H3,(H,24,28)(H,26,30). The van der Waals surface area contributed by atoms with Crippen LogP contribution in [-0.2, 0) is 14.3 Å². The molecule has 1 aromatic carbocycles. The quantitative estimate of drug-likeness (QED) is 0.569. The summed E-state index contributed by atoms with van der Waals surface area (Å²) in [5.41, 5.74) is 1.92. The molecule has 8 heteroatoms. The Kier molecular flexibility index (Phi) is 6.99. The molecule has 3 atom stereocenters. The highest BCUT2D eigenvalue weighted by Crippen LogP contribution is 2.22. The van der Waals surface area contributed by atoms with Gasteiger partial charge in [0.1, 0.15) is 0 Å². The first-order valence-electron chi connectivity index (χ1n) is 11.2. The maximum Gasteiger partial charge on any atom is 0.234 e. The summed E-state index contributed by atoms with van der Waals surface area (Å²) in [5, 5.41) is 9.25. The molecule has 3 fully saturated rings. The van der Waals surface area contributed by atoms with E-state index in [0.29, 0.717) is 26.3 Å². The van der Waals surface area contributed by atoms with E-state index < -0.39 is 0 Å². The summed E-state index contributed by atoms with van der Waals surface area (Å²) in [6.45, 7) is 5.25. The summed E-state index contributed by atoms with van der Waals surface area (Å²) in [7, 11) is 0. The Balaban J connectivity index is 1.18. The maximum atomic E-state index is 12.7. The number of fused-ring (bicyclic) bond motifs is 1. The minimum Gasteiger partial charge on any atom is -0.381 e. The van der Waals surface area contributed by atoms with Crippen molar-refractivity contribution in [2.24, 2.45) is 11.8 Å². The molecule has 3 heterocycles. The van der Waals surface area contributed by atoms with E-state index >= 15 is 0 Å². The van der Waals surface area contributed by atoms with Crippen LogP contribution >= 0.6 is 0 Å². The highest BCUT2D eigenvalue weighted by atomic mass is 16.5. The molecular formula is C23H32N4O4. The Morgan fingerprint density at radius 3 is 2.65 bits per heavy atom. The average molecular weight is 429 g/mol. The minimum atomic E-state index is -0.256. The van der Waals surface area contributed by atoms with Gasteiger partial charge in [0.2, 0.25) is 11.8 Å². The van der Waals surface area contributed by atoms with Crippen molar-refractivity contribution in [3.05, 3.63) is 35.4 Å². The summed E-state index contributed by atoms with van der Waals surface area (Å²) in [6, 6.07) is 7.85. The van der Waals surface area contributed by atoms with Crippen molar-refractivity contribution < 1.29 is 19.1 Å². The largest absolute Gasteiger partial charge is 0.381 e. The number of Topliss-reactive ketones (excluding diaryl/α,β-unsaturated/α-hetero) is 1. The first-order valence-corrected chi connectivity index (χ1v) is 11.2. The summed E-state index contributed by atoms with van der Waals surface area (Å²) < 4.78 is 5.38. The first kappa shape index (κ1) is 21.9. The maximum absolute atomic E-state index is 12.7. The molecule has 3 aliphatic heterocycles. The Morgan fingerprint density at radius 2 is 1.90 bits per heavy atom. The van der Waals surface area contributed by atoms with E-state index in [4.69, 9.17) is 4.74 Å². The van der Waals surface area contributed by atoms with Crippen LogP contribution in [0.2, 0.25) is 0 Å². The normalized spacial score (nSPS) is 27.3. The summed E-state index contributed by atoms with van der Waals surface area (Å²) in [6.07, 6.45) is 2.09. The number of ether oxygens (including phenoxy) is 1. The van der Waals surface area contributed by atoms with Crippen LogP contribution in [0.1, 0.15) is 35.2 Å². The Labute approximate surface area is 183 Å². The third-order valence-corrected chi connectivity index (χ3v) is 6.59. The second kappa shape index (κ2) is 9.89. The lowest BCUT2D eigenvalue weighted by Gasteiger charge is -2.40. The summed E-state index contributed by atoms with van der Waals surface area (Å²) in [4.78, 5) is 39.4. The third-order valence-electron chi connectivity index (χ3n) is 6.59. The molecule has 0 aromatic heterocycles. The van der Waals surface area contributed by atoms with Gasteiger partial charge in [0, 0.05) is 24.1 Å². The number of nitrogens with one attached hydrogen (secondary N) is 3. The van der Waals surface area contributed by atoms with Gasteiger partial charge in [0.05, 0.1) is 31.8 Å². The van der Waals surface area contributed by atoms with Gasteiger partial charge < -0.3 is 15.4 Å². The van der Waals surface area contributed by atoms with Crippen LogP contribution in [0.3, 0.4) is 0 Å². The number of carbonyl (C=O) groups excluding carboxylic acids is 3. The predicted molar refractivity (Wildman–Crippen MR) is 115 cm³/mol. The summed E-state index contributed by atoms with van der Waals surface area (Å²) >= 11 is 0. The molecule has 3 unspecified atom stereocenters. The second-order valence-corrected chi connectivity index (χ2v) is 8.89. The van der Waals surface area contributed by atoms with Crippen LogP contribution in [0.15, 0.2) is 24.3 Å². The van der Waals surface area contributed by atoms with Crippen LogP contribution in [-0.4, -0.2) is 74.1 Å². The van der Waals surface area contributed by atoms with Crippen LogP contribution in [0, 0.1) is 18.8 Å². The molecule has 168 valence electrons. The number of benzene rings is 1. The second-order valence-electron chi connectivity index (χ2n) is 8.89. The Morgan fingerprint density at radius 1 is 1.16 bits per heavy atom. The molecule has 3 saturated heterocycles. The molecular weight excluding hydrogens is 396 g/mol. The van der Waals surface area contributed by atoms with Crippen LogP contribution < -0.4 is 16.0 Å². The predicted octanol–water partition coefficient (Wildman–Crippen LogP) is 0.457. The van der Waals surface area contributed by atoms with Gasteiger partial charge in [-0.15, -0.1) is 0 Å². The van der Waals surface area contributed by atoms with E-state index in [-0.39, 0.29) is 41.6 Å². The van der Waals surface area contributed by atoms with Gasteiger partial charge in [-0.3, -0.25) is 24.6 Å². The number of amides is 2. The molecule has 4 rings (SSSR count). The van der Waals surface area contributed by atoms with Gasteiger partial charge in [0.25, 0.3) is 0 Å². The monoisotopic (exact) mass is 428 g/mol. The van der Waals surface area contributed by atoms with Crippen LogP contribution in [0.25, 0.3) is 0 Å². The lowest BCUT2D eigenvalue weighted by molar-refractivity contribution is -0.135. The van der Waals surface area contributed by atoms with E-state index in [1.807, 2.05) is 31.2 Å². The van der Waals surface area contributed by atoms with Gasteiger partial charge >= 0.3 is 0 Å². The van der Waals surface area contributed by atoms with Crippen LogP contribution in [0.4, 0.5) is 0 Å². The third kappa shape index (κ3) is 5.50. The minimum absolute atomic E-state index is 0.0111. The van der Waals surface area contributed by atoms with E-state index in [1.54, 1.807) is 0 Å². The summed E-state index contributed by atoms with van der Waals surface area (Å²) in [5.74, 6) is 0.00631. The molecule has 3 aliphatic rings. The van der Waals surface area contributed by atoms with Crippen LogP contribution in [0.5, 0.6) is 0 Å². The fourth-order valence-corrected chi connectivity index (χ4v) is 4.67. The number of likely N-dealkylation sites (tertiary alicyclic amines) is 1. The number of hydrogen-bond acceptors (Lipinski definition) is 6.